The van der Waals surface area contributed by atoms with Crippen molar-refractivity contribution in [1.82, 2.24) is 4.98 Å². The number of ether oxygens (including phenoxy) is 1. The van der Waals surface area contributed by atoms with Crippen LogP contribution in [0.4, 0.5) is 11.5 Å². The van der Waals surface area contributed by atoms with Crippen molar-refractivity contribution in [3.63, 3.8) is 0 Å². The first-order valence-corrected chi connectivity index (χ1v) is 10.6. The van der Waals surface area contributed by atoms with Gasteiger partial charge in [0, 0.05) is 56.9 Å². The lowest BCUT2D eigenvalue weighted by molar-refractivity contribution is -0.143. The van der Waals surface area contributed by atoms with E-state index in [4.69, 9.17) is 16.3 Å². The number of anilines is 2. The van der Waals surface area contributed by atoms with E-state index in [0.29, 0.717) is 11.4 Å². The van der Waals surface area contributed by atoms with Crippen molar-refractivity contribution in [2.24, 2.45) is 0 Å². The van der Waals surface area contributed by atoms with Crippen molar-refractivity contribution < 1.29 is 14.3 Å². The lowest BCUT2D eigenvalue weighted by atomic mass is 10.1. The van der Waals surface area contributed by atoms with Gasteiger partial charge in [-0.3, -0.25) is 4.79 Å². The first-order chi connectivity index (χ1) is 14.6. The molecule has 0 N–H and O–H groups in total. The van der Waals surface area contributed by atoms with Gasteiger partial charge >= 0.3 is 5.97 Å². The molecule has 0 atom stereocenters. The van der Waals surface area contributed by atoms with E-state index >= 15 is 0 Å². The SMILES string of the molecule is O=C(/C=C/c1ccc(N2CCCC2=O)cc1)OC1CCN(c2ccc(Cl)cn2)CC1. The Hall–Kier alpha value is -2.86. The van der Waals surface area contributed by atoms with Crippen molar-refractivity contribution >= 4 is 41.1 Å². The molecule has 6 nitrogen and oxygen atoms in total. The fraction of sp³-hybridized carbons (Fsp3) is 0.348. The van der Waals surface area contributed by atoms with Crippen LogP contribution in [0.5, 0.6) is 0 Å². The van der Waals surface area contributed by atoms with Crippen molar-refractivity contribution in [3.8, 4) is 0 Å². The summed E-state index contributed by atoms with van der Waals surface area (Å²) < 4.78 is 5.59. The van der Waals surface area contributed by atoms with E-state index in [-0.39, 0.29) is 18.0 Å². The summed E-state index contributed by atoms with van der Waals surface area (Å²) >= 11 is 5.89. The minimum absolute atomic E-state index is 0.0887. The van der Waals surface area contributed by atoms with Crippen molar-refractivity contribution in [1.29, 1.82) is 0 Å². The molecule has 0 radical (unpaired) electrons. The van der Waals surface area contributed by atoms with Gasteiger partial charge in [-0.1, -0.05) is 23.7 Å². The van der Waals surface area contributed by atoms with Crippen LogP contribution in [0, 0.1) is 0 Å². The third kappa shape index (κ3) is 5.00. The Morgan fingerprint density at radius 3 is 2.50 bits per heavy atom. The zero-order chi connectivity index (χ0) is 20.9. The quantitative estimate of drug-likeness (QED) is 0.533. The van der Waals surface area contributed by atoms with Gasteiger partial charge in [0.2, 0.25) is 5.91 Å². The van der Waals surface area contributed by atoms with Gasteiger partial charge in [-0.25, -0.2) is 9.78 Å². The van der Waals surface area contributed by atoms with Crippen LogP contribution in [-0.4, -0.2) is 42.6 Å². The van der Waals surface area contributed by atoms with Gasteiger partial charge in [0.15, 0.2) is 0 Å². The van der Waals surface area contributed by atoms with Crippen LogP contribution < -0.4 is 9.80 Å². The number of esters is 1. The molecule has 2 aliphatic rings. The molecule has 156 valence electrons. The van der Waals surface area contributed by atoms with E-state index in [9.17, 15) is 9.59 Å². The molecule has 0 unspecified atom stereocenters. The number of rotatable bonds is 5. The molecular weight excluding hydrogens is 402 g/mol. The smallest absolute Gasteiger partial charge is 0.331 e. The van der Waals surface area contributed by atoms with Gasteiger partial charge in [-0.2, -0.15) is 0 Å². The van der Waals surface area contributed by atoms with E-state index in [2.05, 4.69) is 9.88 Å². The summed E-state index contributed by atoms with van der Waals surface area (Å²) in [4.78, 5) is 32.3. The summed E-state index contributed by atoms with van der Waals surface area (Å²) in [5.74, 6) is 0.722. The first kappa shape index (κ1) is 20.4. The molecule has 2 aliphatic heterocycles. The number of pyridine rings is 1. The van der Waals surface area contributed by atoms with Crippen LogP contribution in [0.25, 0.3) is 6.08 Å². The maximum Gasteiger partial charge on any atom is 0.331 e. The molecule has 2 fully saturated rings. The first-order valence-electron chi connectivity index (χ1n) is 10.2. The topological polar surface area (TPSA) is 62.7 Å². The molecular formula is C23H24ClN3O3. The summed E-state index contributed by atoms with van der Waals surface area (Å²) in [6.45, 7) is 2.34. The maximum atomic E-state index is 12.2. The van der Waals surface area contributed by atoms with Gasteiger partial charge < -0.3 is 14.5 Å². The summed E-state index contributed by atoms with van der Waals surface area (Å²) in [5.41, 5.74) is 1.80. The molecule has 3 heterocycles. The highest BCUT2D eigenvalue weighted by atomic mass is 35.5. The molecule has 0 spiro atoms. The number of aromatic nitrogens is 1. The van der Waals surface area contributed by atoms with Crippen molar-refractivity contribution in [2.45, 2.75) is 31.8 Å². The van der Waals surface area contributed by atoms with Crippen LogP contribution in [0.15, 0.2) is 48.7 Å². The second-order valence-corrected chi connectivity index (χ2v) is 7.97. The number of hydrogen-bond acceptors (Lipinski definition) is 5. The number of amides is 1. The second kappa shape index (κ2) is 9.30. The minimum Gasteiger partial charge on any atom is -0.459 e. The number of hydrogen-bond donors (Lipinski definition) is 0. The molecule has 2 aromatic rings. The number of halogens is 1. The zero-order valence-electron chi connectivity index (χ0n) is 16.7. The van der Waals surface area contributed by atoms with Crippen LogP contribution in [-0.2, 0) is 14.3 Å². The highest BCUT2D eigenvalue weighted by Gasteiger charge is 2.23. The lowest BCUT2D eigenvalue weighted by Crippen LogP contribution is -2.38. The highest BCUT2D eigenvalue weighted by Crippen LogP contribution is 2.23. The van der Waals surface area contributed by atoms with E-state index in [1.54, 1.807) is 17.2 Å². The van der Waals surface area contributed by atoms with Crippen LogP contribution in [0.3, 0.4) is 0 Å². The average Bonchev–Trinajstić information content (AvgIpc) is 3.20. The number of benzene rings is 1. The lowest BCUT2D eigenvalue weighted by Gasteiger charge is -2.32. The maximum absolute atomic E-state index is 12.2. The van der Waals surface area contributed by atoms with Crippen LogP contribution in [0.2, 0.25) is 5.02 Å². The predicted octanol–water partition coefficient (Wildman–Crippen LogP) is 4.09. The molecule has 30 heavy (non-hydrogen) atoms. The van der Waals surface area contributed by atoms with Gasteiger partial charge in [0.25, 0.3) is 0 Å². The zero-order valence-corrected chi connectivity index (χ0v) is 17.4. The Kier molecular flexibility index (Phi) is 6.33. The molecule has 1 aromatic carbocycles. The Balaban J connectivity index is 1.25. The Bertz CT molecular complexity index is 920. The van der Waals surface area contributed by atoms with Gasteiger partial charge in [0.1, 0.15) is 11.9 Å². The van der Waals surface area contributed by atoms with Crippen LogP contribution in [0.1, 0.15) is 31.2 Å². The van der Waals surface area contributed by atoms with E-state index < -0.39 is 0 Å². The van der Waals surface area contributed by atoms with E-state index in [1.807, 2.05) is 36.4 Å². The molecule has 0 aliphatic carbocycles. The molecule has 4 rings (SSSR count). The summed E-state index contributed by atoms with van der Waals surface area (Å²) in [6.07, 6.45) is 7.81. The fourth-order valence-corrected chi connectivity index (χ4v) is 3.92. The molecule has 0 bridgehead atoms. The number of carbonyl (C=O) groups is 2. The monoisotopic (exact) mass is 425 g/mol. The normalized spacial score (nSPS) is 17.7. The Morgan fingerprint density at radius 2 is 1.87 bits per heavy atom. The minimum atomic E-state index is -0.336. The van der Waals surface area contributed by atoms with Gasteiger partial charge in [-0.05, 0) is 42.3 Å². The van der Waals surface area contributed by atoms with Crippen LogP contribution >= 0.6 is 11.6 Å². The van der Waals surface area contributed by atoms with E-state index in [0.717, 1.165) is 56.0 Å². The van der Waals surface area contributed by atoms with Gasteiger partial charge in [-0.15, -0.1) is 0 Å². The second-order valence-electron chi connectivity index (χ2n) is 7.53. The highest BCUT2D eigenvalue weighted by molar-refractivity contribution is 6.30. The Morgan fingerprint density at radius 1 is 1.10 bits per heavy atom. The predicted molar refractivity (Wildman–Crippen MR) is 118 cm³/mol. The summed E-state index contributed by atoms with van der Waals surface area (Å²) in [6, 6.07) is 11.4. The third-order valence-corrected chi connectivity index (χ3v) is 5.67. The standard InChI is InChI=1S/C23H24ClN3O3/c24-18-6-9-21(25-16-18)26-14-11-20(12-15-26)30-23(29)10-5-17-3-7-19(8-4-17)27-13-1-2-22(27)28/h3-10,16,20H,1-2,11-15H2/b10-5+. The molecule has 1 aromatic heterocycles. The third-order valence-electron chi connectivity index (χ3n) is 5.45. The van der Waals surface area contributed by atoms with Crippen molar-refractivity contribution in [3.05, 3.63) is 59.3 Å². The number of piperidine rings is 1. The summed E-state index contributed by atoms with van der Waals surface area (Å²) in [5, 5.41) is 0.619. The largest absolute Gasteiger partial charge is 0.459 e. The average molecular weight is 426 g/mol. The molecule has 2 saturated heterocycles. The summed E-state index contributed by atoms with van der Waals surface area (Å²) in [7, 11) is 0. The number of nitrogens with zero attached hydrogens (tertiary/aromatic N) is 3. The molecule has 1 amide bonds. The van der Waals surface area contributed by atoms with Gasteiger partial charge in [0.05, 0.1) is 5.02 Å². The fourth-order valence-electron chi connectivity index (χ4n) is 3.81. The Labute approximate surface area is 181 Å². The molecule has 0 saturated carbocycles. The van der Waals surface area contributed by atoms with Crippen molar-refractivity contribution in [2.75, 3.05) is 29.4 Å². The molecule has 7 heteroatoms. The number of carbonyl (C=O) groups excluding carboxylic acids is 2. The van der Waals surface area contributed by atoms with E-state index in [1.165, 1.54) is 6.08 Å².